The van der Waals surface area contributed by atoms with Crippen molar-refractivity contribution in [1.82, 2.24) is 5.43 Å². The first-order chi connectivity index (χ1) is 9.25. The Morgan fingerprint density at radius 3 is 2.79 bits per heavy atom. The van der Waals surface area contributed by atoms with E-state index >= 15 is 0 Å². The van der Waals surface area contributed by atoms with Crippen LogP contribution in [0.1, 0.15) is 11.8 Å². The van der Waals surface area contributed by atoms with Gasteiger partial charge in [-0.05, 0) is 30.5 Å². The minimum Gasteiger partial charge on any atom is -0.481 e. The molecular weight excluding hydrogens is 260 g/mol. The summed E-state index contributed by atoms with van der Waals surface area (Å²) in [6.45, 7) is 1.68. The molecular formula is C14H14N2O2S. The second-order valence-electron chi connectivity index (χ2n) is 3.82. The second kappa shape index (κ2) is 6.70. The first-order valence-electron chi connectivity index (χ1n) is 5.84. The van der Waals surface area contributed by atoms with Gasteiger partial charge in [0.25, 0.3) is 5.91 Å². The number of benzene rings is 1. The minimum atomic E-state index is -0.595. The van der Waals surface area contributed by atoms with Gasteiger partial charge in [0.2, 0.25) is 0 Å². The second-order valence-corrected chi connectivity index (χ2v) is 4.80. The summed E-state index contributed by atoms with van der Waals surface area (Å²) >= 11 is 1.55. The number of nitrogens with one attached hydrogen (secondary N) is 1. The highest BCUT2D eigenvalue weighted by molar-refractivity contribution is 7.11. The van der Waals surface area contributed by atoms with Crippen LogP contribution in [-0.4, -0.2) is 18.2 Å². The lowest BCUT2D eigenvalue weighted by atomic mass is 10.3. The van der Waals surface area contributed by atoms with Crippen molar-refractivity contribution in [2.24, 2.45) is 5.10 Å². The molecule has 0 aliphatic heterocycles. The highest BCUT2D eigenvalue weighted by Crippen LogP contribution is 2.10. The van der Waals surface area contributed by atoms with Crippen LogP contribution in [0.25, 0.3) is 0 Å². The fraction of sp³-hybridized carbons (Fsp3) is 0.143. The largest absolute Gasteiger partial charge is 0.481 e. The zero-order valence-corrected chi connectivity index (χ0v) is 11.3. The number of carbonyl (C=O) groups is 1. The first kappa shape index (κ1) is 13.3. The summed E-state index contributed by atoms with van der Waals surface area (Å²) in [5.74, 6) is 0.379. The topological polar surface area (TPSA) is 50.7 Å². The number of nitrogens with zero attached hydrogens (tertiary/aromatic N) is 1. The van der Waals surface area contributed by atoms with Crippen LogP contribution in [0.5, 0.6) is 5.75 Å². The first-order valence-corrected chi connectivity index (χ1v) is 6.72. The fourth-order valence-electron chi connectivity index (χ4n) is 1.37. The Labute approximate surface area is 115 Å². The van der Waals surface area contributed by atoms with Crippen LogP contribution in [-0.2, 0) is 4.79 Å². The van der Waals surface area contributed by atoms with Gasteiger partial charge in [-0.25, -0.2) is 5.43 Å². The molecule has 0 saturated carbocycles. The fourth-order valence-corrected chi connectivity index (χ4v) is 1.96. The Morgan fingerprint density at radius 1 is 1.32 bits per heavy atom. The van der Waals surface area contributed by atoms with Gasteiger partial charge < -0.3 is 4.74 Å². The Kier molecular flexibility index (Phi) is 4.69. The SMILES string of the molecule is C[C@@H](Oc1ccccc1)C(=O)NN=Cc1cccs1. The van der Waals surface area contributed by atoms with Crippen LogP contribution < -0.4 is 10.2 Å². The average Bonchev–Trinajstić information content (AvgIpc) is 2.93. The number of para-hydroxylation sites is 1. The standard InChI is InChI=1S/C14H14N2O2S/c1-11(18-12-6-3-2-4-7-12)14(17)16-15-10-13-8-5-9-19-13/h2-11H,1H3,(H,16,17)/t11-/m1/s1. The molecule has 1 atom stereocenters. The van der Waals surface area contributed by atoms with Crippen molar-refractivity contribution in [2.45, 2.75) is 13.0 Å². The molecule has 2 aromatic rings. The van der Waals surface area contributed by atoms with Gasteiger partial charge in [-0.3, -0.25) is 4.79 Å². The molecule has 1 heterocycles. The van der Waals surface area contributed by atoms with Gasteiger partial charge in [0.15, 0.2) is 6.10 Å². The van der Waals surface area contributed by atoms with E-state index in [9.17, 15) is 4.79 Å². The van der Waals surface area contributed by atoms with Gasteiger partial charge in [0.05, 0.1) is 6.21 Å². The Balaban J connectivity index is 1.83. The van der Waals surface area contributed by atoms with Crippen molar-refractivity contribution in [3.63, 3.8) is 0 Å². The van der Waals surface area contributed by atoms with Crippen molar-refractivity contribution in [1.29, 1.82) is 0 Å². The van der Waals surface area contributed by atoms with Crippen molar-refractivity contribution in [3.8, 4) is 5.75 Å². The predicted octanol–water partition coefficient (Wildman–Crippen LogP) is 2.67. The molecule has 0 saturated heterocycles. The van der Waals surface area contributed by atoms with E-state index in [1.165, 1.54) is 0 Å². The monoisotopic (exact) mass is 274 g/mol. The van der Waals surface area contributed by atoms with Crippen molar-refractivity contribution >= 4 is 23.5 Å². The van der Waals surface area contributed by atoms with E-state index < -0.39 is 6.10 Å². The molecule has 1 aromatic heterocycles. The number of amides is 1. The summed E-state index contributed by atoms with van der Waals surface area (Å²) in [5, 5.41) is 5.83. The average molecular weight is 274 g/mol. The molecule has 1 amide bonds. The summed E-state index contributed by atoms with van der Waals surface area (Å²) in [6, 6.07) is 13.1. The van der Waals surface area contributed by atoms with Gasteiger partial charge in [0.1, 0.15) is 5.75 Å². The van der Waals surface area contributed by atoms with E-state index in [1.807, 2.05) is 35.7 Å². The number of rotatable bonds is 5. The molecule has 19 heavy (non-hydrogen) atoms. The lowest BCUT2D eigenvalue weighted by molar-refractivity contribution is -0.127. The van der Waals surface area contributed by atoms with Gasteiger partial charge in [-0.2, -0.15) is 5.10 Å². The van der Waals surface area contributed by atoms with E-state index in [0.29, 0.717) is 5.75 Å². The van der Waals surface area contributed by atoms with E-state index in [0.717, 1.165) is 4.88 Å². The van der Waals surface area contributed by atoms with Gasteiger partial charge in [0, 0.05) is 4.88 Å². The molecule has 0 aliphatic rings. The number of hydrogen-bond donors (Lipinski definition) is 1. The molecule has 0 fully saturated rings. The molecule has 0 aliphatic carbocycles. The van der Waals surface area contributed by atoms with Gasteiger partial charge >= 0.3 is 0 Å². The van der Waals surface area contributed by atoms with Crippen LogP contribution in [0, 0.1) is 0 Å². The molecule has 2 rings (SSSR count). The minimum absolute atomic E-state index is 0.281. The van der Waals surface area contributed by atoms with Gasteiger partial charge in [-0.1, -0.05) is 24.3 Å². The third kappa shape index (κ3) is 4.22. The smallest absolute Gasteiger partial charge is 0.280 e. The van der Waals surface area contributed by atoms with Crippen molar-refractivity contribution in [3.05, 3.63) is 52.7 Å². The molecule has 0 spiro atoms. The number of thiophene rings is 1. The molecule has 98 valence electrons. The zero-order valence-electron chi connectivity index (χ0n) is 10.4. The third-order valence-corrected chi connectivity index (χ3v) is 3.14. The van der Waals surface area contributed by atoms with Gasteiger partial charge in [-0.15, -0.1) is 11.3 Å². The molecule has 1 aromatic carbocycles. The van der Waals surface area contributed by atoms with E-state index in [2.05, 4.69) is 10.5 Å². The maximum Gasteiger partial charge on any atom is 0.280 e. The highest BCUT2D eigenvalue weighted by atomic mass is 32.1. The summed E-state index contributed by atoms with van der Waals surface area (Å²) in [6.07, 6.45) is 1.01. The molecule has 0 unspecified atom stereocenters. The lowest BCUT2D eigenvalue weighted by Crippen LogP contribution is -2.33. The van der Waals surface area contributed by atoms with E-state index in [-0.39, 0.29) is 5.91 Å². The predicted molar refractivity (Wildman–Crippen MR) is 76.6 cm³/mol. The summed E-state index contributed by atoms with van der Waals surface area (Å²) in [7, 11) is 0. The van der Waals surface area contributed by atoms with Crippen LogP contribution in [0.15, 0.2) is 52.9 Å². The third-order valence-electron chi connectivity index (χ3n) is 2.34. The molecule has 1 N–H and O–H groups in total. The summed E-state index contributed by atoms with van der Waals surface area (Å²) in [5.41, 5.74) is 2.45. The van der Waals surface area contributed by atoms with E-state index in [4.69, 9.17) is 4.74 Å². The van der Waals surface area contributed by atoms with Crippen molar-refractivity contribution < 1.29 is 9.53 Å². The highest BCUT2D eigenvalue weighted by Gasteiger charge is 2.13. The van der Waals surface area contributed by atoms with Crippen molar-refractivity contribution in [2.75, 3.05) is 0 Å². The summed E-state index contributed by atoms with van der Waals surface area (Å²) < 4.78 is 5.48. The number of hydrogen-bond acceptors (Lipinski definition) is 4. The van der Waals surface area contributed by atoms with Crippen LogP contribution in [0.3, 0.4) is 0 Å². The molecule has 0 radical (unpaired) electrons. The number of carbonyl (C=O) groups excluding carboxylic acids is 1. The summed E-state index contributed by atoms with van der Waals surface area (Å²) in [4.78, 5) is 12.7. The van der Waals surface area contributed by atoms with Crippen LogP contribution in [0.2, 0.25) is 0 Å². The maximum atomic E-state index is 11.7. The van der Waals surface area contributed by atoms with E-state index in [1.54, 1.807) is 36.6 Å². The normalized spacial score (nSPS) is 12.3. The Bertz CT molecular complexity index is 538. The molecule has 5 heteroatoms. The number of ether oxygens (including phenoxy) is 1. The Hall–Kier alpha value is -2.14. The number of hydrazone groups is 1. The quantitative estimate of drug-likeness (QED) is 0.673. The molecule has 4 nitrogen and oxygen atoms in total. The maximum absolute atomic E-state index is 11.7. The van der Waals surface area contributed by atoms with Crippen LogP contribution >= 0.6 is 11.3 Å². The molecule has 0 bridgehead atoms. The zero-order chi connectivity index (χ0) is 13.5. The lowest BCUT2D eigenvalue weighted by Gasteiger charge is -2.12. The Morgan fingerprint density at radius 2 is 2.11 bits per heavy atom. The van der Waals surface area contributed by atoms with Crippen LogP contribution in [0.4, 0.5) is 0 Å².